The maximum atomic E-state index is 5.57. The fourth-order valence-electron chi connectivity index (χ4n) is 2.10. The van der Waals surface area contributed by atoms with Crippen molar-refractivity contribution in [1.82, 2.24) is 24.9 Å². The van der Waals surface area contributed by atoms with E-state index in [1.54, 1.807) is 24.9 Å². The van der Waals surface area contributed by atoms with Crippen molar-refractivity contribution in [3.05, 3.63) is 61.3 Å². The Balaban J connectivity index is 1.61. The Labute approximate surface area is 125 Å². The predicted molar refractivity (Wildman–Crippen MR) is 81.4 cm³/mol. The molecule has 0 unspecified atom stereocenters. The summed E-state index contributed by atoms with van der Waals surface area (Å²) in [6, 6.07) is 11.7. The molecule has 0 saturated carbocycles. The van der Waals surface area contributed by atoms with Gasteiger partial charge in [-0.1, -0.05) is 18.2 Å². The van der Waals surface area contributed by atoms with E-state index in [1.165, 1.54) is 0 Å². The van der Waals surface area contributed by atoms with E-state index in [2.05, 4.69) is 24.9 Å². The molecule has 1 aromatic carbocycles. The van der Waals surface area contributed by atoms with Gasteiger partial charge >= 0.3 is 6.01 Å². The number of imidazole rings is 1. The SMILES string of the molecule is c1ccc(Oc2ncc(-c3cnc4nc[nH]c4c3)cn2)cc1. The second-order valence-corrected chi connectivity index (χ2v) is 4.67. The molecule has 0 bridgehead atoms. The maximum Gasteiger partial charge on any atom is 0.321 e. The van der Waals surface area contributed by atoms with Crippen LogP contribution in [-0.2, 0) is 0 Å². The summed E-state index contributed by atoms with van der Waals surface area (Å²) in [7, 11) is 0. The Morgan fingerprint density at radius 2 is 1.59 bits per heavy atom. The van der Waals surface area contributed by atoms with Crippen molar-refractivity contribution in [2.24, 2.45) is 0 Å². The molecule has 0 radical (unpaired) electrons. The van der Waals surface area contributed by atoms with Crippen molar-refractivity contribution >= 4 is 11.2 Å². The molecule has 6 nitrogen and oxygen atoms in total. The molecule has 0 saturated heterocycles. The first-order valence-corrected chi connectivity index (χ1v) is 6.73. The zero-order valence-corrected chi connectivity index (χ0v) is 11.5. The summed E-state index contributed by atoms with van der Waals surface area (Å²) in [5.41, 5.74) is 3.35. The summed E-state index contributed by atoms with van der Waals surface area (Å²) in [6.45, 7) is 0. The summed E-state index contributed by atoms with van der Waals surface area (Å²) in [6.07, 6.45) is 6.79. The Bertz CT molecular complexity index is 903. The minimum Gasteiger partial charge on any atom is -0.424 e. The Morgan fingerprint density at radius 1 is 0.818 bits per heavy atom. The molecule has 0 aliphatic heterocycles. The predicted octanol–water partition coefficient (Wildman–Crippen LogP) is 3.21. The van der Waals surface area contributed by atoms with Crippen molar-refractivity contribution in [2.75, 3.05) is 0 Å². The van der Waals surface area contributed by atoms with E-state index in [-0.39, 0.29) is 0 Å². The number of hydrogen-bond acceptors (Lipinski definition) is 5. The number of pyridine rings is 1. The van der Waals surface area contributed by atoms with Crippen LogP contribution in [0.1, 0.15) is 0 Å². The standard InChI is InChI=1S/C16H11N5O/c1-2-4-13(5-3-1)22-16-18-8-12(9-19-16)11-6-14-15(17-7-11)21-10-20-14/h1-10H,(H,17,20,21). The lowest BCUT2D eigenvalue weighted by molar-refractivity contribution is 0.442. The summed E-state index contributed by atoms with van der Waals surface area (Å²) in [4.78, 5) is 19.9. The molecule has 3 aromatic heterocycles. The highest BCUT2D eigenvalue weighted by Crippen LogP contribution is 2.22. The van der Waals surface area contributed by atoms with Crippen molar-refractivity contribution < 1.29 is 4.74 Å². The maximum absolute atomic E-state index is 5.57. The zero-order valence-electron chi connectivity index (χ0n) is 11.5. The molecular formula is C16H11N5O. The highest BCUT2D eigenvalue weighted by Gasteiger charge is 2.05. The molecule has 4 rings (SSSR count). The first-order valence-electron chi connectivity index (χ1n) is 6.73. The fraction of sp³-hybridized carbons (Fsp3) is 0. The third-order valence-electron chi connectivity index (χ3n) is 3.19. The van der Waals surface area contributed by atoms with Gasteiger partial charge in [-0.15, -0.1) is 0 Å². The summed E-state index contributed by atoms with van der Waals surface area (Å²) >= 11 is 0. The normalized spacial score (nSPS) is 10.7. The van der Waals surface area contributed by atoms with Crippen LogP contribution >= 0.6 is 0 Å². The van der Waals surface area contributed by atoms with E-state index >= 15 is 0 Å². The Kier molecular flexibility index (Phi) is 2.97. The number of benzene rings is 1. The van der Waals surface area contributed by atoms with E-state index in [4.69, 9.17) is 4.74 Å². The second kappa shape index (κ2) is 5.25. The lowest BCUT2D eigenvalue weighted by atomic mass is 10.1. The lowest BCUT2D eigenvalue weighted by Gasteiger charge is -2.04. The third kappa shape index (κ3) is 2.37. The van der Waals surface area contributed by atoms with Crippen LogP contribution in [0.15, 0.2) is 61.3 Å². The van der Waals surface area contributed by atoms with Crippen LogP contribution in [0.5, 0.6) is 11.8 Å². The van der Waals surface area contributed by atoms with Gasteiger partial charge in [-0.25, -0.2) is 19.9 Å². The van der Waals surface area contributed by atoms with Gasteiger partial charge in [-0.3, -0.25) is 0 Å². The van der Waals surface area contributed by atoms with E-state index < -0.39 is 0 Å². The van der Waals surface area contributed by atoms with Crippen LogP contribution < -0.4 is 4.74 Å². The van der Waals surface area contributed by atoms with Crippen LogP contribution in [0.4, 0.5) is 0 Å². The third-order valence-corrected chi connectivity index (χ3v) is 3.19. The second-order valence-electron chi connectivity index (χ2n) is 4.67. The van der Waals surface area contributed by atoms with Crippen molar-refractivity contribution in [3.8, 4) is 22.9 Å². The molecule has 22 heavy (non-hydrogen) atoms. The molecule has 0 fully saturated rings. The van der Waals surface area contributed by atoms with Gasteiger partial charge in [0.05, 0.1) is 11.8 Å². The van der Waals surface area contributed by atoms with E-state index in [0.717, 1.165) is 16.6 Å². The van der Waals surface area contributed by atoms with E-state index in [1.807, 2.05) is 36.4 Å². The van der Waals surface area contributed by atoms with Gasteiger partial charge < -0.3 is 9.72 Å². The average molecular weight is 289 g/mol. The first-order chi connectivity index (χ1) is 10.9. The van der Waals surface area contributed by atoms with Crippen molar-refractivity contribution in [3.63, 3.8) is 0 Å². The topological polar surface area (TPSA) is 76.6 Å². The number of ether oxygens (including phenoxy) is 1. The number of aromatic nitrogens is 5. The van der Waals surface area contributed by atoms with Gasteiger partial charge in [-0.05, 0) is 18.2 Å². The van der Waals surface area contributed by atoms with Crippen LogP contribution in [0.25, 0.3) is 22.3 Å². The van der Waals surface area contributed by atoms with Crippen molar-refractivity contribution in [1.29, 1.82) is 0 Å². The molecule has 0 amide bonds. The fourth-order valence-corrected chi connectivity index (χ4v) is 2.10. The average Bonchev–Trinajstić information content (AvgIpc) is 3.04. The largest absolute Gasteiger partial charge is 0.424 e. The molecular weight excluding hydrogens is 278 g/mol. The number of fused-ring (bicyclic) bond motifs is 1. The highest BCUT2D eigenvalue weighted by atomic mass is 16.5. The molecule has 0 atom stereocenters. The molecule has 106 valence electrons. The quantitative estimate of drug-likeness (QED) is 0.626. The molecule has 0 spiro atoms. The number of hydrogen-bond donors (Lipinski definition) is 1. The highest BCUT2D eigenvalue weighted by molar-refractivity contribution is 5.77. The zero-order chi connectivity index (χ0) is 14.8. The Morgan fingerprint density at radius 3 is 2.41 bits per heavy atom. The molecule has 3 heterocycles. The van der Waals surface area contributed by atoms with E-state index in [0.29, 0.717) is 17.4 Å². The van der Waals surface area contributed by atoms with Gasteiger partial charge in [0, 0.05) is 29.7 Å². The van der Waals surface area contributed by atoms with Crippen LogP contribution in [-0.4, -0.2) is 24.9 Å². The summed E-state index contributed by atoms with van der Waals surface area (Å²) < 4.78 is 5.57. The molecule has 6 heteroatoms. The minimum atomic E-state index is 0.311. The number of rotatable bonds is 3. The first kappa shape index (κ1) is 12.5. The number of nitrogens with one attached hydrogen (secondary N) is 1. The van der Waals surface area contributed by atoms with Crippen LogP contribution in [0, 0.1) is 0 Å². The number of para-hydroxylation sites is 1. The molecule has 4 aromatic rings. The Hall–Kier alpha value is -3.28. The van der Waals surface area contributed by atoms with Gasteiger partial charge in [0.2, 0.25) is 0 Å². The van der Waals surface area contributed by atoms with Gasteiger partial charge in [0.1, 0.15) is 5.75 Å². The lowest BCUT2D eigenvalue weighted by Crippen LogP contribution is -1.92. The van der Waals surface area contributed by atoms with Gasteiger partial charge in [0.15, 0.2) is 5.65 Å². The van der Waals surface area contributed by atoms with E-state index in [9.17, 15) is 0 Å². The number of aromatic amines is 1. The van der Waals surface area contributed by atoms with Crippen molar-refractivity contribution in [2.45, 2.75) is 0 Å². The minimum absolute atomic E-state index is 0.311. The molecule has 0 aliphatic rings. The van der Waals surface area contributed by atoms with Crippen LogP contribution in [0.3, 0.4) is 0 Å². The summed E-state index contributed by atoms with van der Waals surface area (Å²) in [5.74, 6) is 0.704. The number of nitrogens with zero attached hydrogens (tertiary/aromatic N) is 4. The summed E-state index contributed by atoms with van der Waals surface area (Å²) in [5, 5.41) is 0. The monoisotopic (exact) mass is 289 g/mol. The smallest absolute Gasteiger partial charge is 0.321 e. The molecule has 1 N–H and O–H groups in total. The molecule has 0 aliphatic carbocycles. The van der Waals surface area contributed by atoms with Gasteiger partial charge in [0.25, 0.3) is 0 Å². The van der Waals surface area contributed by atoms with Crippen LogP contribution in [0.2, 0.25) is 0 Å². The number of H-pyrrole nitrogens is 1. The van der Waals surface area contributed by atoms with Gasteiger partial charge in [-0.2, -0.15) is 0 Å².